The van der Waals surface area contributed by atoms with Crippen molar-refractivity contribution in [3.8, 4) is 5.75 Å². The molecule has 1 fully saturated rings. The lowest BCUT2D eigenvalue weighted by molar-refractivity contribution is -0.0165. The van der Waals surface area contributed by atoms with E-state index in [4.69, 9.17) is 4.74 Å². The maximum Gasteiger partial charge on any atom is 0.410 e. The van der Waals surface area contributed by atoms with Crippen LogP contribution in [0, 0.1) is 5.92 Å². The average Bonchev–Trinajstić information content (AvgIpc) is 2.42. The van der Waals surface area contributed by atoms with Crippen molar-refractivity contribution in [2.24, 2.45) is 5.92 Å². The molecule has 4 heteroatoms. The number of rotatable bonds is 0. The number of hydrogen-bond acceptors (Lipinski definition) is 3. The second-order valence-corrected chi connectivity index (χ2v) is 8.24. The van der Waals surface area contributed by atoms with Crippen molar-refractivity contribution in [2.45, 2.75) is 64.5 Å². The molecule has 126 valence electrons. The van der Waals surface area contributed by atoms with Gasteiger partial charge in [0.15, 0.2) is 0 Å². The Morgan fingerprint density at radius 1 is 1.39 bits per heavy atom. The minimum atomic E-state index is -0.473. The first kappa shape index (κ1) is 16.2. The Bertz CT molecular complexity index is 634. The highest BCUT2D eigenvalue weighted by molar-refractivity contribution is 5.69. The average molecular weight is 317 g/mol. The van der Waals surface area contributed by atoms with Gasteiger partial charge in [-0.3, -0.25) is 0 Å². The lowest BCUT2D eigenvalue weighted by Crippen LogP contribution is -2.60. The molecule has 0 saturated carbocycles. The van der Waals surface area contributed by atoms with Gasteiger partial charge in [-0.05, 0) is 68.2 Å². The standard InChI is InChI=1S/C19H27NO3/c1-12-16-10-13-6-7-14(21)11-15(13)19(12,5)8-9-20(16)17(22)23-18(2,3)4/h6-7,11-12,16,21H,8-10H2,1-5H3/t12-,16+,19-/m0/s1. The molecule has 2 bridgehead atoms. The monoisotopic (exact) mass is 317 g/mol. The number of benzene rings is 1. The van der Waals surface area contributed by atoms with Crippen LogP contribution in [0.4, 0.5) is 4.79 Å². The molecule has 1 heterocycles. The van der Waals surface area contributed by atoms with Gasteiger partial charge in [0.1, 0.15) is 11.4 Å². The van der Waals surface area contributed by atoms with Crippen LogP contribution in [0.2, 0.25) is 0 Å². The molecule has 0 unspecified atom stereocenters. The molecule has 1 saturated heterocycles. The van der Waals surface area contributed by atoms with E-state index in [0.717, 1.165) is 12.8 Å². The molecule has 4 nitrogen and oxygen atoms in total. The summed E-state index contributed by atoms with van der Waals surface area (Å²) in [6, 6.07) is 5.80. The molecule has 1 N–H and O–H groups in total. The van der Waals surface area contributed by atoms with E-state index in [0.29, 0.717) is 18.2 Å². The summed E-state index contributed by atoms with van der Waals surface area (Å²) >= 11 is 0. The van der Waals surface area contributed by atoms with Crippen LogP contribution in [0.5, 0.6) is 5.75 Å². The number of phenols is 1. The molecule has 23 heavy (non-hydrogen) atoms. The molecule has 0 spiro atoms. The molecule has 2 aliphatic rings. The van der Waals surface area contributed by atoms with Gasteiger partial charge >= 0.3 is 6.09 Å². The fourth-order valence-corrected chi connectivity index (χ4v) is 4.15. The smallest absolute Gasteiger partial charge is 0.410 e. The molecular weight excluding hydrogens is 290 g/mol. The summed E-state index contributed by atoms with van der Waals surface area (Å²) in [7, 11) is 0. The Kier molecular flexibility index (Phi) is 3.62. The van der Waals surface area contributed by atoms with Crippen molar-refractivity contribution in [2.75, 3.05) is 6.54 Å². The van der Waals surface area contributed by atoms with E-state index in [1.54, 1.807) is 6.07 Å². The summed E-state index contributed by atoms with van der Waals surface area (Å²) in [5, 5.41) is 9.87. The van der Waals surface area contributed by atoms with E-state index in [2.05, 4.69) is 13.8 Å². The van der Waals surface area contributed by atoms with Crippen molar-refractivity contribution in [3.05, 3.63) is 29.3 Å². The third kappa shape index (κ3) is 2.68. The van der Waals surface area contributed by atoms with Gasteiger partial charge in [0.25, 0.3) is 0 Å². The second kappa shape index (κ2) is 5.15. The summed E-state index contributed by atoms with van der Waals surface area (Å²) in [6.07, 6.45) is 1.50. The van der Waals surface area contributed by atoms with E-state index in [1.807, 2.05) is 37.8 Å². The molecule has 1 aliphatic carbocycles. The highest BCUT2D eigenvalue weighted by Gasteiger charge is 2.50. The van der Waals surface area contributed by atoms with E-state index < -0.39 is 5.60 Å². The number of carbonyl (C=O) groups excluding carboxylic acids is 1. The van der Waals surface area contributed by atoms with Crippen LogP contribution < -0.4 is 0 Å². The summed E-state index contributed by atoms with van der Waals surface area (Å²) in [5.74, 6) is 0.656. The minimum Gasteiger partial charge on any atom is -0.508 e. The minimum absolute atomic E-state index is 0.00446. The normalized spacial score (nSPS) is 29.9. The summed E-state index contributed by atoms with van der Waals surface area (Å²) in [4.78, 5) is 14.5. The first-order valence-electron chi connectivity index (χ1n) is 8.44. The number of likely N-dealkylation sites (tertiary alicyclic amines) is 1. The number of hydrogen-bond donors (Lipinski definition) is 1. The van der Waals surface area contributed by atoms with Crippen molar-refractivity contribution < 1.29 is 14.6 Å². The van der Waals surface area contributed by atoms with Crippen molar-refractivity contribution in [3.63, 3.8) is 0 Å². The van der Waals surface area contributed by atoms with E-state index in [1.165, 1.54) is 11.1 Å². The number of amides is 1. The Hall–Kier alpha value is -1.71. The van der Waals surface area contributed by atoms with Crippen molar-refractivity contribution in [1.82, 2.24) is 4.90 Å². The van der Waals surface area contributed by atoms with E-state index >= 15 is 0 Å². The first-order chi connectivity index (χ1) is 10.6. The zero-order valence-corrected chi connectivity index (χ0v) is 14.7. The first-order valence-corrected chi connectivity index (χ1v) is 8.44. The lowest BCUT2D eigenvalue weighted by Gasteiger charge is -2.54. The number of ether oxygens (including phenoxy) is 1. The van der Waals surface area contributed by atoms with Crippen molar-refractivity contribution >= 4 is 6.09 Å². The molecule has 0 radical (unpaired) electrons. The highest BCUT2D eigenvalue weighted by Crippen LogP contribution is 2.49. The molecule has 1 aromatic carbocycles. The Morgan fingerprint density at radius 2 is 2.09 bits per heavy atom. The predicted molar refractivity (Wildman–Crippen MR) is 89.7 cm³/mol. The van der Waals surface area contributed by atoms with Gasteiger partial charge in [-0.25, -0.2) is 4.79 Å². The number of phenolic OH excluding ortho intramolecular Hbond substituents is 1. The number of carbonyl (C=O) groups is 1. The molecule has 1 aromatic rings. The SMILES string of the molecule is C[C@H]1[C@H]2Cc3ccc(O)cc3[C@@]1(C)CCN2C(=O)OC(C)(C)C. The Labute approximate surface area is 138 Å². The fraction of sp³-hybridized carbons (Fsp3) is 0.632. The van der Waals surface area contributed by atoms with Gasteiger partial charge in [-0.15, -0.1) is 0 Å². The number of aromatic hydroxyl groups is 1. The van der Waals surface area contributed by atoms with E-state index in [9.17, 15) is 9.90 Å². The van der Waals surface area contributed by atoms with Gasteiger partial charge in [0, 0.05) is 12.6 Å². The topological polar surface area (TPSA) is 49.8 Å². The number of fused-ring (bicyclic) bond motifs is 4. The quantitative estimate of drug-likeness (QED) is 0.790. The van der Waals surface area contributed by atoms with Crippen molar-refractivity contribution in [1.29, 1.82) is 0 Å². The highest BCUT2D eigenvalue weighted by atomic mass is 16.6. The second-order valence-electron chi connectivity index (χ2n) is 8.24. The third-order valence-electron chi connectivity index (χ3n) is 5.62. The molecule has 3 rings (SSSR count). The van der Waals surface area contributed by atoms with Gasteiger partial charge in [0.05, 0.1) is 0 Å². The maximum atomic E-state index is 12.6. The third-order valence-corrected chi connectivity index (χ3v) is 5.62. The van der Waals surface area contributed by atoms with Crippen LogP contribution in [0.1, 0.15) is 52.2 Å². The molecule has 3 atom stereocenters. The van der Waals surface area contributed by atoms with Gasteiger partial charge in [0.2, 0.25) is 0 Å². The van der Waals surface area contributed by atoms with Crippen LogP contribution in [0.3, 0.4) is 0 Å². The molecule has 0 aromatic heterocycles. The number of piperidine rings is 1. The molecular formula is C19H27NO3. The lowest BCUT2D eigenvalue weighted by atomic mass is 9.59. The maximum absolute atomic E-state index is 12.6. The zero-order chi connectivity index (χ0) is 17.0. The zero-order valence-electron chi connectivity index (χ0n) is 14.7. The predicted octanol–water partition coefficient (Wildman–Crippen LogP) is 3.85. The summed E-state index contributed by atoms with van der Waals surface area (Å²) < 4.78 is 5.60. The molecule has 1 amide bonds. The Balaban J connectivity index is 1.94. The number of nitrogens with zero attached hydrogens (tertiary/aromatic N) is 1. The fourth-order valence-electron chi connectivity index (χ4n) is 4.15. The van der Waals surface area contributed by atoms with Crippen LogP contribution >= 0.6 is 0 Å². The van der Waals surface area contributed by atoms with Gasteiger partial charge in [-0.2, -0.15) is 0 Å². The summed E-state index contributed by atoms with van der Waals surface area (Å²) in [6.45, 7) is 10.9. The summed E-state index contributed by atoms with van der Waals surface area (Å²) in [5.41, 5.74) is 2.00. The van der Waals surface area contributed by atoms with Crippen LogP contribution in [-0.2, 0) is 16.6 Å². The Morgan fingerprint density at radius 3 is 2.74 bits per heavy atom. The largest absolute Gasteiger partial charge is 0.508 e. The van der Waals surface area contributed by atoms with Crippen LogP contribution in [0.25, 0.3) is 0 Å². The molecule has 1 aliphatic heterocycles. The van der Waals surface area contributed by atoms with Crippen LogP contribution in [-0.4, -0.2) is 34.3 Å². The van der Waals surface area contributed by atoms with E-state index in [-0.39, 0.29) is 17.6 Å². The van der Waals surface area contributed by atoms with Gasteiger partial charge in [-0.1, -0.05) is 19.9 Å². The van der Waals surface area contributed by atoms with Crippen LogP contribution in [0.15, 0.2) is 18.2 Å². The van der Waals surface area contributed by atoms with Gasteiger partial charge < -0.3 is 14.7 Å².